The Bertz CT molecular complexity index is 341. The van der Waals surface area contributed by atoms with Gasteiger partial charge in [-0.1, -0.05) is 0 Å². The van der Waals surface area contributed by atoms with Crippen molar-refractivity contribution in [3.8, 4) is 5.75 Å². The summed E-state index contributed by atoms with van der Waals surface area (Å²) in [4.78, 5) is 15.7. The molecule has 0 saturated heterocycles. The molecule has 0 radical (unpaired) electrons. The van der Waals surface area contributed by atoms with Gasteiger partial charge in [0.15, 0.2) is 0 Å². The molecule has 1 rings (SSSR count). The van der Waals surface area contributed by atoms with E-state index in [0.29, 0.717) is 5.75 Å². The average molecular weight is 210 g/mol. The zero-order chi connectivity index (χ0) is 11.3. The van der Waals surface area contributed by atoms with E-state index in [1.165, 1.54) is 20.4 Å². The van der Waals surface area contributed by atoms with Crippen molar-refractivity contribution in [2.45, 2.75) is 6.04 Å². The largest absolute Gasteiger partial charge is 0.494 e. The molecular formula is C10H14N2O3. The molecule has 0 aliphatic carbocycles. The van der Waals surface area contributed by atoms with Crippen molar-refractivity contribution in [1.29, 1.82) is 0 Å². The maximum atomic E-state index is 11.8. The van der Waals surface area contributed by atoms with E-state index in [9.17, 15) is 4.79 Å². The van der Waals surface area contributed by atoms with Gasteiger partial charge in [-0.3, -0.25) is 4.79 Å². The minimum atomic E-state index is -0.709. The average Bonchev–Trinajstić information content (AvgIpc) is 2.28. The highest BCUT2D eigenvalue weighted by atomic mass is 16.5. The van der Waals surface area contributed by atoms with Gasteiger partial charge in [0, 0.05) is 13.3 Å². The predicted octanol–water partition coefficient (Wildman–Crippen LogP) is 0.247. The number of ether oxygens (including phenoxy) is 2. The van der Waals surface area contributed by atoms with Crippen molar-refractivity contribution in [2.75, 3.05) is 20.8 Å². The second-order valence-electron chi connectivity index (χ2n) is 2.98. The van der Waals surface area contributed by atoms with Crippen LogP contribution in [-0.2, 0) is 4.74 Å². The van der Waals surface area contributed by atoms with Crippen molar-refractivity contribution in [2.24, 2.45) is 5.73 Å². The standard InChI is InChI=1S/C10H14N2O3/c1-14-6-7(11)10(13)9-8(15-2)4-3-5-12-9/h3-5,7H,6,11H2,1-2H3. The summed E-state index contributed by atoms with van der Waals surface area (Å²) in [5.74, 6) is 0.142. The van der Waals surface area contributed by atoms with Crippen LogP contribution in [0.25, 0.3) is 0 Å². The number of methoxy groups -OCH3 is 2. The van der Waals surface area contributed by atoms with Gasteiger partial charge in [0.1, 0.15) is 11.4 Å². The lowest BCUT2D eigenvalue weighted by molar-refractivity contribution is 0.0884. The van der Waals surface area contributed by atoms with Crippen LogP contribution >= 0.6 is 0 Å². The highest BCUT2D eigenvalue weighted by molar-refractivity contribution is 6.00. The van der Waals surface area contributed by atoms with Crippen LogP contribution in [-0.4, -0.2) is 37.6 Å². The molecule has 0 aromatic carbocycles. The number of carbonyl (C=O) groups is 1. The number of nitrogens with two attached hydrogens (primary N) is 1. The van der Waals surface area contributed by atoms with Crippen molar-refractivity contribution in [1.82, 2.24) is 4.98 Å². The second-order valence-corrected chi connectivity index (χ2v) is 2.98. The van der Waals surface area contributed by atoms with Gasteiger partial charge >= 0.3 is 0 Å². The number of nitrogens with zero attached hydrogens (tertiary/aromatic N) is 1. The van der Waals surface area contributed by atoms with Crippen LogP contribution in [0.5, 0.6) is 5.75 Å². The molecular weight excluding hydrogens is 196 g/mol. The molecule has 2 N–H and O–H groups in total. The highest BCUT2D eigenvalue weighted by Crippen LogP contribution is 2.15. The van der Waals surface area contributed by atoms with Crippen LogP contribution in [0.2, 0.25) is 0 Å². The summed E-state index contributed by atoms with van der Waals surface area (Å²) in [7, 11) is 2.97. The molecule has 0 bridgehead atoms. The summed E-state index contributed by atoms with van der Waals surface area (Å²) < 4.78 is 9.82. The third kappa shape index (κ3) is 2.74. The molecule has 1 unspecified atom stereocenters. The lowest BCUT2D eigenvalue weighted by atomic mass is 10.1. The predicted molar refractivity (Wildman–Crippen MR) is 55.0 cm³/mol. The molecule has 5 heteroatoms. The second kappa shape index (κ2) is 5.43. The van der Waals surface area contributed by atoms with Crippen LogP contribution in [0.1, 0.15) is 10.5 Å². The summed E-state index contributed by atoms with van der Waals surface area (Å²) in [5, 5.41) is 0. The Balaban J connectivity index is 2.90. The zero-order valence-corrected chi connectivity index (χ0v) is 8.77. The van der Waals surface area contributed by atoms with E-state index < -0.39 is 6.04 Å². The molecule has 1 atom stereocenters. The molecule has 0 aliphatic heterocycles. The quantitative estimate of drug-likeness (QED) is 0.705. The SMILES string of the molecule is COCC(N)C(=O)c1ncccc1OC. The zero-order valence-electron chi connectivity index (χ0n) is 8.77. The minimum Gasteiger partial charge on any atom is -0.494 e. The van der Waals surface area contributed by atoms with Gasteiger partial charge in [-0.25, -0.2) is 4.98 Å². The Morgan fingerprint density at radius 2 is 2.33 bits per heavy atom. The summed E-state index contributed by atoms with van der Waals surface area (Å²) in [6, 6.07) is 2.65. The Labute approximate surface area is 88.2 Å². The minimum absolute atomic E-state index is 0.165. The van der Waals surface area contributed by atoms with Crippen molar-refractivity contribution >= 4 is 5.78 Å². The molecule has 1 heterocycles. The molecule has 1 aromatic rings. The third-order valence-electron chi connectivity index (χ3n) is 1.91. The van der Waals surface area contributed by atoms with Crippen LogP contribution in [0, 0.1) is 0 Å². The number of ketones is 1. The Morgan fingerprint density at radius 1 is 1.60 bits per heavy atom. The van der Waals surface area contributed by atoms with E-state index in [4.69, 9.17) is 15.2 Å². The van der Waals surface area contributed by atoms with Gasteiger partial charge in [0.05, 0.1) is 19.8 Å². The van der Waals surface area contributed by atoms with E-state index in [0.717, 1.165) is 0 Å². The summed E-state index contributed by atoms with van der Waals surface area (Å²) in [5.41, 5.74) is 5.85. The summed E-state index contributed by atoms with van der Waals surface area (Å²) >= 11 is 0. The van der Waals surface area contributed by atoms with Gasteiger partial charge < -0.3 is 15.2 Å². The van der Waals surface area contributed by atoms with Gasteiger partial charge in [0.25, 0.3) is 0 Å². The fourth-order valence-corrected chi connectivity index (χ4v) is 1.17. The number of aromatic nitrogens is 1. The summed E-state index contributed by atoms with van der Waals surface area (Å²) in [6.45, 7) is 0.165. The Kier molecular flexibility index (Phi) is 4.20. The molecule has 15 heavy (non-hydrogen) atoms. The smallest absolute Gasteiger partial charge is 0.203 e. The summed E-state index contributed by atoms with van der Waals surface area (Å²) in [6.07, 6.45) is 1.52. The highest BCUT2D eigenvalue weighted by Gasteiger charge is 2.20. The van der Waals surface area contributed by atoms with Crippen LogP contribution in [0.15, 0.2) is 18.3 Å². The van der Waals surface area contributed by atoms with Crippen LogP contribution < -0.4 is 10.5 Å². The monoisotopic (exact) mass is 210 g/mol. The lowest BCUT2D eigenvalue weighted by Gasteiger charge is -2.10. The maximum absolute atomic E-state index is 11.8. The number of hydrogen-bond acceptors (Lipinski definition) is 5. The first kappa shape index (κ1) is 11.6. The Hall–Kier alpha value is -1.46. The normalized spacial score (nSPS) is 12.2. The molecule has 0 spiro atoms. The number of carbonyl (C=O) groups excluding carboxylic acids is 1. The van der Waals surface area contributed by atoms with E-state index >= 15 is 0 Å². The Morgan fingerprint density at radius 3 is 2.93 bits per heavy atom. The van der Waals surface area contributed by atoms with Crippen LogP contribution in [0.3, 0.4) is 0 Å². The van der Waals surface area contributed by atoms with E-state index in [1.54, 1.807) is 12.1 Å². The van der Waals surface area contributed by atoms with Gasteiger partial charge in [0.2, 0.25) is 5.78 Å². The van der Waals surface area contributed by atoms with Gasteiger partial charge in [-0.05, 0) is 12.1 Å². The molecule has 5 nitrogen and oxygen atoms in total. The number of pyridine rings is 1. The fraction of sp³-hybridized carbons (Fsp3) is 0.400. The number of rotatable bonds is 5. The third-order valence-corrected chi connectivity index (χ3v) is 1.91. The molecule has 0 saturated carbocycles. The number of Topliss-reactive ketones (excluding diaryl/α,β-unsaturated/α-hetero) is 1. The first-order chi connectivity index (χ1) is 7.20. The van der Waals surface area contributed by atoms with E-state index in [-0.39, 0.29) is 18.1 Å². The van der Waals surface area contributed by atoms with E-state index in [2.05, 4.69) is 4.98 Å². The van der Waals surface area contributed by atoms with Crippen molar-refractivity contribution < 1.29 is 14.3 Å². The maximum Gasteiger partial charge on any atom is 0.203 e. The molecule has 1 aromatic heterocycles. The van der Waals surface area contributed by atoms with Gasteiger partial charge in [-0.15, -0.1) is 0 Å². The molecule has 0 fully saturated rings. The molecule has 82 valence electrons. The number of hydrogen-bond donors (Lipinski definition) is 1. The lowest BCUT2D eigenvalue weighted by Crippen LogP contribution is -2.35. The first-order valence-electron chi connectivity index (χ1n) is 4.48. The van der Waals surface area contributed by atoms with E-state index in [1.807, 2.05) is 0 Å². The van der Waals surface area contributed by atoms with Crippen molar-refractivity contribution in [3.05, 3.63) is 24.0 Å². The molecule has 0 amide bonds. The van der Waals surface area contributed by atoms with Crippen LogP contribution in [0.4, 0.5) is 0 Å². The fourth-order valence-electron chi connectivity index (χ4n) is 1.17. The molecule has 0 aliphatic rings. The van der Waals surface area contributed by atoms with Crippen molar-refractivity contribution in [3.63, 3.8) is 0 Å². The first-order valence-corrected chi connectivity index (χ1v) is 4.48. The topological polar surface area (TPSA) is 74.4 Å². The van der Waals surface area contributed by atoms with Gasteiger partial charge in [-0.2, -0.15) is 0 Å².